The van der Waals surface area contributed by atoms with Crippen LogP contribution in [0, 0.1) is 0 Å². The van der Waals surface area contributed by atoms with Gasteiger partial charge in [0.15, 0.2) is 0 Å². The first-order valence-corrected chi connectivity index (χ1v) is 14.6. The summed E-state index contributed by atoms with van der Waals surface area (Å²) in [5, 5.41) is 0. The summed E-state index contributed by atoms with van der Waals surface area (Å²) in [6, 6.07) is 37.6. The van der Waals surface area contributed by atoms with E-state index in [9.17, 15) is 0 Å². The van der Waals surface area contributed by atoms with Crippen molar-refractivity contribution in [3.8, 4) is 0 Å². The molecule has 6 rings (SSSR count). The second-order valence-corrected chi connectivity index (χ2v) is 10.8. The third-order valence-electron chi connectivity index (χ3n) is 7.99. The highest BCUT2D eigenvalue weighted by atomic mass is 16.6. The zero-order valence-corrected chi connectivity index (χ0v) is 23.4. The lowest BCUT2D eigenvalue weighted by atomic mass is 9.96. The number of ether oxygens (including phenoxy) is 5. The molecule has 2 aliphatic heterocycles. The van der Waals surface area contributed by atoms with Crippen LogP contribution in [-0.2, 0) is 63.0 Å². The number of aryl methyl sites for hydroxylation is 2. The lowest BCUT2D eigenvalue weighted by molar-refractivity contribution is -0.246. The third kappa shape index (κ3) is 7.31. The van der Waals surface area contributed by atoms with Crippen LogP contribution in [0.15, 0.2) is 109 Å². The highest BCUT2D eigenvalue weighted by Gasteiger charge is 2.43. The van der Waals surface area contributed by atoms with Crippen molar-refractivity contribution in [1.29, 1.82) is 0 Å². The summed E-state index contributed by atoms with van der Waals surface area (Å²) in [4.78, 5) is 0. The molecule has 1 saturated heterocycles. The number of hydrogen-bond acceptors (Lipinski definition) is 5. The van der Waals surface area contributed by atoms with Crippen LogP contribution in [0.25, 0.3) is 0 Å². The Kier molecular flexibility index (Phi) is 9.53. The van der Waals surface area contributed by atoms with Gasteiger partial charge in [-0.2, -0.15) is 0 Å². The molecule has 4 aromatic carbocycles. The summed E-state index contributed by atoms with van der Waals surface area (Å²) in [6.45, 7) is 2.77. The lowest BCUT2D eigenvalue weighted by Crippen LogP contribution is -2.57. The van der Waals surface area contributed by atoms with E-state index in [1.54, 1.807) is 0 Å². The molecule has 2 aliphatic rings. The Morgan fingerprint density at radius 2 is 1.07 bits per heavy atom. The van der Waals surface area contributed by atoms with Gasteiger partial charge in [-0.1, -0.05) is 109 Å². The molecule has 0 saturated carbocycles. The monoisotopic (exact) mass is 550 g/mol. The van der Waals surface area contributed by atoms with Crippen LogP contribution in [0.5, 0.6) is 0 Å². The Balaban J connectivity index is 1.29. The molecule has 0 radical (unpaired) electrons. The molecule has 3 unspecified atom stereocenters. The Hall–Kier alpha value is -3.32. The minimum Gasteiger partial charge on any atom is -0.374 e. The van der Waals surface area contributed by atoms with E-state index in [-0.39, 0.29) is 24.4 Å². The van der Waals surface area contributed by atoms with Gasteiger partial charge in [-0.25, -0.2) is 0 Å². The zero-order chi connectivity index (χ0) is 27.7. The maximum absolute atomic E-state index is 6.77. The van der Waals surface area contributed by atoms with Crippen LogP contribution in [0.3, 0.4) is 0 Å². The molecule has 0 spiro atoms. The standard InChI is InChI=1S/C36H38O5/c1-3-11-27(12-4-1)21-38-34-26-39-33-25-37-23-31-17-9-7-15-29(31)19-20-30-16-8-10-18-32(30)24-41-36(34)35(33)40-22-28-13-5-2-6-14-28/h1-18,33-36H,19-26H2/t33?,34?,35-,36?/m1/s1. The highest BCUT2D eigenvalue weighted by Crippen LogP contribution is 2.28. The van der Waals surface area contributed by atoms with Crippen molar-refractivity contribution in [2.45, 2.75) is 63.7 Å². The minimum atomic E-state index is -0.366. The average Bonchev–Trinajstić information content (AvgIpc) is 3.03. The van der Waals surface area contributed by atoms with Gasteiger partial charge in [0, 0.05) is 0 Å². The fourth-order valence-electron chi connectivity index (χ4n) is 5.69. The third-order valence-corrected chi connectivity index (χ3v) is 7.99. The summed E-state index contributed by atoms with van der Waals surface area (Å²) in [5.41, 5.74) is 7.25. The van der Waals surface area contributed by atoms with E-state index in [4.69, 9.17) is 23.7 Å². The molecule has 2 heterocycles. The van der Waals surface area contributed by atoms with Gasteiger partial charge in [0.2, 0.25) is 0 Å². The van der Waals surface area contributed by atoms with Gasteiger partial charge in [-0.3, -0.25) is 0 Å². The molecule has 0 aliphatic carbocycles. The molecule has 1 fully saturated rings. The average molecular weight is 551 g/mol. The largest absolute Gasteiger partial charge is 0.374 e. The van der Waals surface area contributed by atoms with Gasteiger partial charge in [0.05, 0.1) is 39.6 Å². The maximum atomic E-state index is 6.77. The molecule has 4 atom stereocenters. The van der Waals surface area contributed by atoms with Gasteiger partial charge < -0.3 is 23.7 Å². The predicted octanol–water partition coefficient (Wildman–Crippen LogP) is 6.46. The van der Waals surface area contributed by atoms with E-state index in [1.165, 1.54) is 22.3 Å². The van der Waals surface area contributed by atoms with E-state index in [0.717, 1.165) is 24.0 Å². The number of hydrogen-bond donors (Lipinski definition) is 0. The first-order chi connectivity index (χ1) is 20.3. The number of rotatable bonds is 6. The normalized spacial score (nSPS) is 23.1. The second kappa shape index (κ2) is 14.0. The fourth-order valence-corrected chi connectivity index (χ4v) is 5.69. The molecule has 0 aromatic heterocycles. The molecule has 212 valence electrons. The molecule has 41 heavy (non-hydrogen) atoms. The van der Waals surface area contributed by atoms with Crippen LogP contribution in [0.2, 0.25) is 0 Å². The Bertz CT molecular complexity index is 1360. The Labute approximate surface area is 243 Å². The molecule has 0 amide bonds. The first kappa shape index (κ1) is 27.8. The molecule has 5 heteroatoms. The second-order valence-electron chi connectivity index (χ2n) is 10.8. The Morgan fingerprint density at radius 1 is 0.537 bits per heavy atom. The summed E-state index contributed by atoms with van der Waals surface area (Å²) in [5.74, 6) is 0. The van der Waals surface area contributed by atoms with Crippen molar-refractivity contribution in [2.75, 3.05) is 13.2 Å². The van der Waals surface area contributed by atoms with E-state index < -0.39 is 0 Å². The van der Waals surface area contributed by atoms with Crippen molar-refractivity contribution >= 4 is 0 Å². The van der Waals surface area contributed by atoms with E-state index in [2.05, 4.69) is 72.8 Å². The maximum Gasteiger partial charge on any atom is 0.115 e. The number of benzene rings is 4. The van der Waals surface area contributed by atoms with Crippen molar-refractivity contribution in [3.63, 3.8) is 0 Å². The van der Waals surface area contributed by atoms with E-state index in [1.807, 2.05) is 36.4 Å². The molecule has 4 aromatic rings. The van der Waals surface area contributed by atoms with Gasteiger partial charge in [-0.05, 0) is 46.2 Å². The molecule has 2 bridgehead atoms. The summed E-state index contributed by atoms with van der Waals surface area (Å²) >= 11 is 0. The van der Waals surface area contributed by atoms with Crippen molar-refractivity contribution in [2.24, 2.45) is 0 Å². The van der Waals surface area contributed by atoms with Crippen LogP contribution in [0.4, 0.5) is 0 Å². The Morgan fingerprint density at radius 3 is 1.71 bits per heavy atom. The van der Waals surface area contributed by atoms with Gasteiger partial charge >= 0.3 is 0 Å². The fraction of sp³-hybridized carbons (Fsp3) is 0.333. The van der Waals surface area contributed by atoms with Crippen LogP contribution in [0.1, 0.15) is 33.4 Å². The summed E-state index contributed by atoms with van der Waals surface area (Å²) in [6.07, 6.45) is 0.627. The number of fused-ring (bicyclic) bond motifs is 4. The molecular weight excluding hydrogens is 512 g/mol. The lowest BCUT2D eigenvalue weighted by Gasteiger charge is -2.42. The van der Waals surface area contributed by atoms with Crippen LogP contribution in [-0.4, -0.2) is 37.6 Å². The highest BCUT2D eigenvalue weighted by molar-refractivity contribution is 5.31. The van der Waals surface area contributed by atoms with Gasteiger partial charge in [-0.15, -0.1) is 0 Å². The van der Waals surface area contributed by atoms with Crippen molar-refractivity contribution in [1.82, 2.24) is 0 Å². The molecular formula is C36H38O5. The van der Waals surface area contributed by atoms with Gasteiger partial charge in [0.25, 0.3) is 0 Å². The smallest absolute Gasteiger partial charge is 0.115 e. The topological polar surface area (TPSA) is 46.2 Å². The van der Waals surface area contributed by atoms with E-state index in [0.29, 0.717) is 39.6 Å². The quantitative estimate of drug-likeness (QED) is 0.276. The van der Waals surface area contributed by atoms with Crippen molar-refractivity contribution in [3.05, 3.63) is 143 Å². The van der Waals surface area contributed by atoms with E-state index >= 15 is 0 Å². The first-order valence-electron chi connectivity index (χ1n) is 14.6. The van der Waals surface area contributed by atoms with Crippen LogP contribution < -0.4 is 0 Å². The van der Waals surface area contributed by atoms with Gasteiger partial charge in [0.1, 0.15) is 24.4 Å². The zero-order valence-electron chi connectivity index (χ0n) is 23.4. The SMILES string of the molecule is c1ccc(COC2COC3COCc4ccccc4CCc4ccccc4COC2[C@@H]3OCc2ccccc2)cc1. The molecule has 0 N–H and O–H groups in total. The summed E-state index contributed by atoms with van der Waals surface area (Å²) < 4.78 is 32.6. The predicted molar refractivity (Wildman–Crippen MR) is 158 cm³/mol. The molecule has 5 nitrogen and oxygen atoms in total. The van der Waals surface area contributed by atoms with Crippen LogP contribution >= 0.6 is 0 Å². The summed E-state index contributed by atoms with van der Waals surface area (Å²) in [7, 11) is 0. The van der Waals surface area contributed by atoms with Crippen molar-refractivity contribution < 1.29 is 23.7 Å². The minimum absolute atomic E-state index is 0.284.